The summed E-state index contributed by atoms with van der Waals surface area (Å²) in [6.07, 6.45) is 5.67. The number of likely N-dealkylation sites (tertiary alicyclic amines) is 1. The minimum Gasteiger partial charge on any atom is -0.337 e. The van der Waals surface area contributed by atoms with E-state index in [2.05, 4.69) is 48.0 Å². The van der Waals surface area contributed by atoms with E-state index in [4.69, 9.17) is 0 Å². The molecule has 1 saturated heterocycles. The molecule has 2 N–H and O–H groups in total. The van der Waals surface area contributed by atoms with Crippen molar-refractivity contribution in [3.05, 3.63) is 71.1 Å². The van der Waals surface area contributed by atoms with Gasteiger partial charge in [0.15, 0.2) is 6.29 Å². The van der Waals surface area contributed by atoms with Crippen LogP contribution < -0.4 is 0 Å². The van der Waals surface area contributed by atoms with E-state index in [1.807, 2.05) is 42.5 Å². The number of benzene rings is 1. The first kappa shape index (κ1) is 20.0. The van der Waals surface area contributed by atoms with Gasteiger partial charge in [-0.15, -0.1) is 0 Å². The van der Waals surface area contributed by atoms with Gasteiger partial charge in [0.25, 0.3) is 0 Å². The van der Waals surface area contributed by atoms with Gasteiger partial charge in [0, 0.05) is 21.6 Å². The molecule has 1 aliphatic rings. The molecular formula is C21H22BrN5O. The SMILES string of the molecule is Brc1ccccc1.CN1CCC1.O=Cc1cc2ccc(-c3cn[nH]c3)nc2[nH]1. The summed E-state index contributed by atoms with van der Waals surface area (Å²) in [5, 5.41) is 7.53. The van der Waals surface area contributed by atoms with Crippen molar-refractivity contribution < 1.29 is 4.79 Å². The second-order valence-corrected chi connectivity index (χ2v) is 7.33. The normalized spacial score (nSPS) is 12.9. The fraction of sp³-hybridized carbons (Fsp3) is 0.190. The van der Waals surface area contributed by atoms with Crippen LogP contribution in [0.25, 0.3) is 22.3 Å². The van der Waals surface area contributed by atoms with Gasteiger partial charge < -0.3 is 9.88 Å². The van der Waals surface area contributed by atoms with E-state index in [1.165, 1.54) is 19.5 Å². The highest BCUT2D eigenvalue weighted by molar-refractivity contribution is 9.10. The summed E-state index contributed by atoms with van der Waals surface area (Å²) in [4.78, 5) is 20.3. The maximum Gasteiger partial charge on any atom is 0.166 e. The standard InChI is InChI=1S/C11H8N4O.C6H5Br.C4H9N/c16-6-9-3-7-1-2-10(15-11(7)14-9)8-4-12-13-5-8;7-6-4-2-1-3-5-6;1-5-3-2-4-5/h1-6H,(H,12,13)(H,14,15);1-5H;2-4H2,1H3. The molecule has 6 nitrogen and oxygen atoms in total. The Balaban J connectivity index is 0.000000154. The first-order valence-electron chi connectivity index (χ1n) is 8.99. The van der Waals surface area contributed by atoms with Crippen LogP contribution in [0.1, 0.15) is 16.9 Å². The van der Waals surface area contributed by atoms with Crippen molar-refractivity contribution >= 4 is 33.2 Å². The fourth-order valence-corrected chi connectivity index (χ4v) is 2.84. The molecule has 1 fully saturated rings. The molecular weight excluding hydrogens is 418 g/mol. The maximum absolute atomic E-state index is 10.6. The van der Waals surface area contributed by atoms with Crippen LogP contribution in [-0.4, -0.2) is 51.5 Å². The van der Waals surface area contributed by atoms with Crippen LogP contribution in [0.15, 0.2) is 65.4 Å². The molecule has 0 amide bonds. The van der Waals surface area contributed by atoms with E-state index >= 15 is 0 Å². The number of carbonyl (C=O) groups excluding carboxylic acids is 1. The number of pyridine rings is 1. The van der Waals surface area contributed by atoms with Crippen molar-refractivity contribution in [1.82, 2.24) is 25.1 Å². The molecule has 1 aromatic carbocycles. The van der Waals surface area contributed by atoms with Crippen LogP contribution in [0, 0.1) is 0 Å². The summed E-state index contributed by atoms with van der Waals surface area (Å²) in [5.41, 5.74) is 2.98. The average Bonchev–Trinajstić information content (AvgIpc) is 3.37. The molecule has 1 aliphatic heterocycles. The van der Waals surface area contributed by atoms with Gasteiger partial charge in [-0.3, -0.25) is 9.89 Å². The molecule has 0 atom stereocenters. The van der Waals surface area contributed by atoms with Crippen molar-refractivity contribution in [1.29, 1.82) is 0 Å². The largest absolute Gasteiger partial charge is 0.337 e. The lowest BCUT2D eigenvalue weighted by Gasteiger charge is -2.24. The lowest BCUT2D eigenvalue weighted by Crippen LogP contribution is -2.32. The van der Waals surface area contributed by atoms with Crippen molar-refractivity contribution in [2.75, 3.05) is 20.1 Å². The zero-order chi connectivity index (χ0) is 19.8. The van der Waals surface area contributed by atoms with Crippen molar-refractivity contribution in [2.45, 2.75) is 6.42 Å². The predicted octanol–water partition coefficient (Wildman–Crippen LogP) is 4.54. The summed E-state index contributed by atoms with van der Waals surface area (Å²) in [7, 11) is 2.14. The van der Waals surface area contributed by atoms with E-state index in [-0.39, 0.29) is 0 Å². The summed E-state index contributed by atoms with van der Waals surface area (Å²) < 4.78 is 1.13. The topological polar surface area (TPSA) is 77.7 Å². The molecule has 0 spiro atoms. The van der Waals surface area contributed by atoms with Crippen LogP contribution in [0.4, 0.5) is 0 Å². The Kier molecular flexibility index (Phi) is 7.11. The molecule has 4 heterocycles. The van der Waals surface area contributed by atoms with Gasteiger partial charge >= 0.3 is 0 Å². The molecule has 5 rings (SSSR count). The third kappa shape index (κ3) is 5.61. The highest BCUT2D eigenvalue weighted by atomic mass is 79.9. The van der Waals surface area contributed by atoms with Crippen LogP contribution >= 0.6 is 15.9 Å². The molecule has 0 aliphatic carbocycles. The van der Waals surface area contributed by atoms with Crippen molar-refractivity contribution in [2.24, 2.45) is 0 Å². The molecule has 0 saturated carbocycles. The first-order valence-corrected chi connectivity index (χ1v) is 9.78. The van der Waals surface area contributed by atoms with Gasteiger partial charge in [0.1, 0.15) is 5.65 Å². The second-order valence-electron chi connectivity index (χ2n) is 6.42. The van der Waals surface area contributed by atoms with Gasteiger partial charge in [-0.05, 0) is 56.9 Å². The second kappa shape index (κ2) is 9.96. The summed E-state index contributed by atoms with van der Waals surface area (Å²) >= 11 is 3.31. The van der Waals surface area contributed by atoms with E-state index in [0.717, 1.165) is 27.4 Å². The number of hydrogen-bond acceptors (Lipinski definition) is 4. The van der Waals surface area contributed by atoms with E-state index < -0.39 is 0 Å². The number of aldehydes is 1. The highest BCUT2D eigenvalue weighted by Gasteiger charge is 2.05. The summed E-state index contributed by atoms with van der Waals surface area (Å²) in [6.45, 7) is 2.64. The van der Waals surface area contributed by atoms with Crippen LogP contribution in [0.5, 0.6) is 0 Å². The van der Waals surface area contributed by atoms with Gasteiger partial charge in [-0.2, -0.15) is 5.10 Å². The number of H-pyrrole nitrogens is 2. The third-order valence-corrected chi connectivity index (χ3v) is 4.76. The Morgan fingerprint density at radius 3 is 2.39 bits per heavy atom. The molecule has 7 heteroatoms. The number of aromatic amines is 2. The Hall–Kier alpha value is -2.77. The zero-order valence-electron chi connectivity index (χ0n) is 15.6. The first-order chi connectivity index (χ1) is 13.7. The lowest BCUT2D eigenvalue weighted by atomic mass is 10.2. The van der Waals surface area contributed by atoms with Gasteiger partial charge in [-0.25, -0.2) is 4.98 Å². The van der Waals surface area contributed by atoms with Crippen LogP contribution in [0.3, 0.4) is 0 Å². The molecule has 0 unspecified atom stereocenters. The van der Waals surface area contributed by atoms with Crippen LogP contribution in [-0.2, 0) is 0 Å². The number of rotatable bonds is 2. The van der Waals surface area contributed by atoms with Gasteiger partial charge in [0.05, 0.1) is 17.6 Å². The Bertz CT molecular complexity index is 994. The van der Waals surface area contributed by atoms with Gasteiger partial charge in [0.2, 0.25) is 0 Å². The molecule has 4 aromatic rings. The fourth-order valence-electron chi connectivity index (χ4n) is 2.53. The van der Waals surface area contributed by atoms with Gasteiger partial charge in [-0.1, -0.05) is 34.1 Å². The van der Waals surface area contributed by atoms with Crippen LogP contribution in [0.2, 0.25) is 0 Å². The predicted molar refractivity (Wildman–Crippen MR) is 115 cm³/mol. The number of carbonyl (C=O) groups is 1. The molecule has 0 bridgehead atoms. The van der Waals surface area contributed by atoms with E-state index in [0.29, 0.717) is 11.3 Å². The van der Waals surface area contributed by atoms with Crippen molar-refractivity contribution in [3.8, 4) is 11.3 Å². The zero-order valence-corrected chi connectivity index (χ0v) is 17.2. The molecule has 144 valence electrons. The average molecular weight is 440 g/mol. The Morgan fingerprint density at radius 2 is 1.89 bits per heavy atom. The number of fused-ring (bicyclic) bond motifs is 1. The quantitative estimate of drug-likeness (QED) is 0.449. The smallest absolute Gasteiger partial charge is 0.166 e. The van der Waals surface area contributed by atoms with E-state index in [9.17, 15) is 4.79 Å². The number of aromatic nitrogens is 4. The minimum absolute atomic E-state index is 0.534. The van der Waals surface area contributed by atoms with E-state index in [1.54, 1.807) is 18.5 Å². The third-order valence-electron chi connectivity index (χ3n) is 4.23. The minimum atomic E-state index is 0.534. The number of hydrogen-bond donors (Lipinski definition) is 2. The number of nitrogens with zero attached hydrogens (tertiary/aromatic N) is 3. The Labute approximate surface area is 172 Å². The Morgan fingerprint density at radius 1 is 1.14 bits per heavy atom. The monoisotopic (exact) mass is 439 g/mol. The molecule has 3 aromatic heterocycles. The summed E-state index contributed by atoms with van der Waals surface area (Å²) in [6, 6.07) is 15.6. The number of nitrogens with one attached hydrogen (secondary N) is 2. The lowest BCUT2D eigenvalue weighted by molar-refractivity contribution is 0.111. The number of halogens is 1. The highest BCUT2D eigenvalue weighted by Crippen LogP contribution is 2.19. The molecule has 0 radical (unpaired) electrons. The van der Waals surface area contributed by atoms with Crippen molar-refractivity contribution in [3.63, 3.8) is 0 Å². The summed E-state index contributed by atoms with van der Waals surface area (Å²) in [5.74, 6) is 0. The molecule has 28 heavy (non-hydrogen) atoms. The maximum atomic E-state index is 10.6.